The maximum absolute atomic E-state index is 12.5. The molecule has 0 aliphatic carbocycles. The van der Waals surface area contributed by atoms with Crippen molar-refractivity contribution >= 4 is 53.5 Å². The molecule has 17 nitrogen and oxygen atoms in total. The lowest BCUT2D eigenvalue weighted by Crippen LogP contribution is -2.66. The third kappa shape index (κ3) is 12.0. The molecule has 0 spiro atoms. The average Bonchev–Trinajstić information content (AvgIpc) is 3.00. The molecule has 0 bridgehead atoms. The SMILES string of the molecule is CC(=O)OC[C@H]1O[C@@H](Sc2ccccc2)[C@H](OC(C)=O)[C@@H](OC(C)=O)[C@@H]1O[C@@H]1O[C@H](COC(C)=O)[C@@H](OC(C)=O)[C@H](OC(C)=O)[C@H]1OC(C)=O. The van der Waals surface area contributed by atoms with E-state index in [1.165, 1.54) is 0 Å². The number of esters is 7. The van der Waals surface area contributed by atoms with Gasteiger partial charge in [0.25, 0.3) is 0 Å². The summed E-state index contributed by atoms with van der Waals surface area (Å²) in [6.07, 6.45) is -13.4. The lowest BCUT2D eigenvalue weighted by atomic mass is 9.96. The fourth-order valence-corrected chi connectivity index (χ4v) is 6.33. The lowest BCUT2D eigenvalue weighted by molar-refractivity contribution is -0.341. The summed E-state index contributed by atoms with van der Waals surface area (Å²) in [5, 5.41) is 0. The summed E-state index contributed by atoms with van der Waals surface area (Å²) >= 11 is 1.12. The van der Waals surface area contributed by atoms with Crippen LogP contribution in [-0.2, 0) is 80.9 Å². The summed E-state index contributed by atoms with van der Waals surface area (Å²) in [5.74, 6) is -5.63. The minimum atomic E-state index is -1.75. The number of carbonyl (C=O) groups excluding carboxylic acids is 7. The van der Waals surface area contributed by atoms with Crippen LogP contribution in [0, 0.1) is 0 Å². The van der Waals surface area contributed by atoms with Crippen molar-refractivity contribution < 1.29 is 80.9 Å². The highest BCUT2D eigenvalue weighted by Gasteiger charge is 2.57. The van der Waals surface area contributed by atoms with Gasteiger partial charge in [0.1, 0.15) is 37.0 Å². The van der Waals surface area contributed by atoms with Gasteiger partial charge in [-0.3, -0.25) is 33.6 Å². The van der Waals surface area contributed by atoms with Crippen LogP contribution >= 0.6 is 11.8 Å². The standard InChI is InChI=1S/C32H40O17S/c1-15(33)40-13-23-25(42-17(3)35)27(43-18(4)36)29(45-20(6)38)31(47-23)49-26-24(14-41-16(2)34)48-32(50-22-11-9-8-10-12-22)30(46-21(7)39)28(26)44-19(5)37/h8-12,23-32H,13-14H2,1-7H3/t23-,24-,25-,26-,27+,28+,29-,30-,31+,32+/m1/s1. The second-order valence-electron chi connectivity index (χ2n) is 11.1. The first-order valence-electron chi connectivity index (χ1n) is 15.4. The van der Waals surface area contributed by atoms with E-state index in [1.54, 1.807) is 30.3 Å². The summed E-state index contributed by atoms with van der Waals surface area (Å²) in [4.78, 5) is 86.2. The molecule has 18 heteroatoms. The van der Waals surface area contributed by atoms with Crippen molar-refractivity contribution in [3.8, 4) is 0 Å². The van der Waals surface area contributed by atoms with E-state index < -0.39 is 116 Å². The van der Waals surface area contributed by atoms with E-state index in [4.69, 9.17) is 47.4 Å². The fraction of sp³-hybridized carbons (Fsp3) is 0.594. The molecule has 10 atom stereocenters. The predicted molar refractivity (Wildman–Crippen MR) is 166 cm³/mol. The molecule has 0 aromatic heterocycles. The van der Waals surface area contributed by atoms with Gasteiger partial charge < -0.3 is 47.4 Å². The smallest absolute Gasteiger partial charge is 0.303 e. The molecule has 2 fully saturated rings. The highest BCUT2D eigenvalue weighted by Crippen LogP contribution is 2.39. The van der Waals surface area contributed by atoms with Gasteiger partial charge in [0.05, 0.1) is 0 Å². The van der Waals surface area contributed by atoms with Crippen LogP contribution in [0.1, 0.15) is 48.5 Å². The van der Waals surface area contributed by atoms with Gasteiger partial charge in [-0.25, -0.2) is 0 Å². The van der Waals surface area contributed by atoms with Crippen molar-refractivity contribution in [2.75, 3.05) is 13.2 Å². The molecule has 0 saturated carbocycles. The summed E-state index contributed by atoms with van der Waals surface area (Å²) in [6, 6.07) is 8.85. The van der Waals surface area contributed by atoms with Crippen molar-refractivity contribution in [2.24, 2.45) is 0 Å². The Morgan fingerprint density at radius 3 is 1.42 bits per heavy atom. The summed E-state index contributed by atoms with van der Waals surface area (Å²) in [6.45, 7) is 6.66. The Balaban J connectivity index is 2.16. The van der Waals surface area contributed by atoms with Crippen molar-refractivity contribution in [3.63, 3.8) is 0 Å². The number of ether oxygens (including phenoxy) is 10. The molecular formula is C32H40O17S. The van der Waals surface area contributed by atoms with Gasteiger partial charge in [-0.05, 0) is 12.1 Å². The second-order valence-corrected chi connectivity index (χ2v) is 12.3. The van der Waals surface area contributed by atoms with Gasteiger partial charge in [-0.2, -0.15) is 0 Å². The summed E-state index contributed by atoms with van der Waals surface area (Å²) in [5.41, 5.74) is -1.05. The van der Waals surface area contributed by atoms with E-state index >= 15 is 0 Å². The Morgan fingerprint density at radius 1 is 0.520 bits per heavy atom. The fourth-order valence-electron chi connectivity index (χ4n) is 5.20. The number of hydrogen-bond donors (Lipinski definition) is 0. The topological polar surface area (TPSA) is 212 Å². The molecule has 2 heterocycles. The normalized spacial score (nSPS) is 29.0. The van der Waals surface area contributed by atoms with E-state index in [-0.39, 0.29) is 0 Å². The Kier molecular flexibility index (Phi) is 15.0. The second kappa shape index (κ2) is 18.7. The van der Waals surface area contributed by atoms with Crippen molar-refractivity contribution in [1.29, 1.82) is 0 Å². The van der Waals surface area contributed by atoms with Crippen LogP contribution in [-0.4, -0.2) is 116 Å². The van der Waals surface area contributed by atoms with Crippen LogP contribution in [0.15, 0.2) is 35.2 Å². The van der Waals surface area contributed by atoms with E-state index in [9.17, 15) is 33.6 Å². The van der Waals surface area contributed by atoms with Gasteiger partial charge in [0, 0.05) is 53.4 Å². The predicted octanol–water partition coefficient (Wildman–Crippen LogP) is 1.40. The van der Waals surface area contributed by atoms with E-state index in [0.717, 1.165) is 60.2 Å². The first-order valence-corrected chi connectivity index (χ1v) is 16.2. The van der Waals surface area contributed by atoms with E-state index in [2.05, 4.69) is 0 Å². The summed E-state index contributed by atoms with van der Waals surface area (Å²) in [7, 11) is 0. The zero-order valence-electron chi connectivity index (χ0n) is 28.4. The zero-order valence-corrected chi connectivity index (χ0v) is 29.2. The number of hydrogen-bond acceptors (Lipinski definition) is 18. The molecule has 276 valence electrons. The number of thioether (sulfide) groups is 1. The lowest BCUT2D eigenvalue weighted by Gasteiger charge is -2.48. The highest BCUT2D eigenvalue weighted by molar-refractivity contribution is 7.99. The third-order valence-corrected chi connectivity index (χ3v) is 8.04. The maximum atomic E-state index is 12.5. The molecule has 0 N–H and O–H groups in total. The molecule has 50 heavy (non-hydrogen) atoms. The molecule has 2 saturated heterocycles. The molecule has 2 aliphatic rings. The van der Waals surface area contributed by atoms with Crippen LogP contribution in [0.2, 0.25) is 0 Å². The Bertz CT molecular complexity index is 1390. The average molecular weight is 729 g/mol. The maximum Gasteiger partial charge on any atom is 0.303 e. The van der Waals surface area contributed by atoms with Gasteiger partial charge in [-0.1, -0.05) is 30.0 Å². The Labute approximate surface area is 291 Å². The van der Waals surface area contributed by atoms with Gasteiger partial charge >= 0.3 is 41.8 Å². The number of carbonyl (C=O) groups is 7. The van der Waals surface area contributed by atoms with Gasteiger partial charge in [-0.15, -0.1) is 0 Å². The Hall–Kier alpha value is -4.26. The van der Waals surface area contributed by atoms with E-state index in [0.29, 0.717) is 4.90 Å². The third-order valence-electron chi connectivity index (χ3n) is 6.88. The summed E-state index contributed by atoms with van der Waals surface area (Å²) < 4.78 is 56.8. The molecule has 0 unspecified atom stereocenters. The van der Waals surface area contributed by atoms with Crippen LogP contribution in [0.3, 0.4) is 0 Å². The highest BCUT2D eigenvalue weighted by atomic mass is 32.2. The first kappa shape index (κ1) is 40.2. The first-order chi connectivity index (χ1) is 23.5. The minimum Gasteiger partial charge on any atom is -0.463 e. The van der Waals surface area contributed by atoms with E-state index in [1.807, 2.05) is 0 Å². The number of benzene rings is 1. The van der Waals surface area contributed by atoms with Crippen LogP contribution in [0.4, 0.5) is 0 Å². The van der Waals surface area contributed by atoms with Crippen LogP contribution < -0.4 is 0 Å². The van der Waals surface area contributed by atoms with Crippen molar-refractivity contribution in [3.05, 3.63) is 30.3 Å². The molecule has 2 aliphatic heterocycles. The van der Waals surface area contributed by atoms with Crippen LogP contribution in [0.25, 0.3) is 0 Å². The molecule has 1 aromatic carbocycles. The van der Waals surface area contributed by atoms with Gasteiger partial charge in [0.15, 0.2) is 36.8 Å². The molecule has 0 amide bonds. The van der Waals surface area contributed by atoms with Crippen LogP contribution in [0.5, 0.6) is 0 Å². The monoisotopic (exact) mass is 728 g/mol. The van der Waals surface area contributed by atoms with Gasteiger partial charge in [0.2, 0.25) is 0 Å². The Morgan fingerprint density at radius 2 is 0.940 bits per heavy atom. The zero-order chi connectivity index (χ0) is 37.1. The molecular weight excluding hydrogens is 688 g/mol. The minimum absolute atomic E-state index is 0.471. The largest absolute Gasteiger partial charge is 0.463 e. The van der Waals surface area contributed by atoms with Crippen molar-refractivity contribution in [2.45, 2.75) is 114 Å². The van der Waals surface area contributed by atoms with Crippen molar-refractivity contribution in [1.82, 2.24) is 0 Å². The molecule has 1 aromatic rings. The number of rotatable bonds is 13. The molecule has 3 rings (SSSR count). The quantitative estimate of drug-likeness (QED) is 0.207. The molecule has 0 radical (unpaired) electrons.